The second kappa shape index (κ2) is 5.39. The van der Waals surface area contributed by atoms with Gasteiger partial charge in [0.2, 0.25) is 0 Å². The smallest absolute Gasteiger partial charge is 0.271 e. The van der Waals surface area contributed by atoms with Crippen LogP contribution in [0.2, 0.25) is 0 Å². The van der Waals surface area contributed by atoms with Crippen molar-refractivity contribution in [3.05, 3.63) is 106 Å². The second-order valence-electron chi connectivity index (χ2n) is 7.35. The number of carbonyl (C=O) groups excluding carboxylic acids is 1. The van der Waals surface area contributed by atoms with Gasteiger partial charge in [-0.05, 0) is 39.4 Å². The molecule has 3 N–H and O–H groups in total. The molecule has 0 aliphatic heterocycles. The van der Waals surface area contributed by atoms with Crippen LogP contribution in [0.5, 0.6) is 0 Å². The van der Waals surface area contributed by atoms with Crippen LogP contribution in [0.4, 0.5) is 0 Å². The number of amides is 1. The van der Waals surface area contributed by atoms with Crippen LogP contribution in [0.3, 0.4) is 0 Å². The molecule has 0 unspecified atom stereocenters. The van der Waals surface area contributed by atoms with Crippen LogP contribution in [0.15, 0.2) is 66.7 Å². The molecular weight excluding hydrogens is 348 g/mol. The van der Waals surface area contributed by atoms with Gasteiger partial charge in [-0.2, -0.15) is 15.4 Å². The summed E-state index contributed by atoms with van der Waals surface area (Å²) in [6, 6.07) is 23.7. The summed E-state index contributed by atoms with van der Waals surface area (Å²) >= 11 is 0. The van der Waals surface area contributed by atoms with Crippen LogP contribution in [0, 0.1) is 0 Å². The second-order valence-corrected chi connectivity index (χ2v) is 7.35. The minimum absolute atomic E-state index is 0.168. The highest BCUT2D eigenvalue weighted by Gasteiger charge is 2.41. The Bertz CT molecular complexity index is 1230. The largest absolute Gasteiger partial charge is 0.364 e. The van der Waals surface area contributed by atoms with Crippen molar-refractivity contribution in [3.63, 3.8) is 0 Å². The standard InChI is InChI=1S/C23H16N4O/c24-23(28)22-21(25-27-26-22)12-9-10-17-18(11-12)20-15-7-3-1-5-13(15)19(17)14-6-2-4-8-16(14)20/h1-11,19-20H,(H2,24,28)(H,25,26,27). The highest BCUT2D eigenvalue weighted by molar-refractivity contribution is 5.96. The molecule has 3 aromatic carbocycles. The zero-order valence-corrected chi connectivity index (χ0v) is 14.9. The van der Waals surface area contributed by atoms with Gasteiger partial charge in [-0.25, -0.2) is 0 Å². The van der Waals surface area contributed by atoms with Crippen molar-refractivity contribution in [2.45, 2.75) is 11.8 Å². The van der Waals surface area contributed by atoms with Crippen molar-refractivity contribution < 1.29 is 4.79 Å². The van der Waals surface area contributed by atoms with Gasteiger partial charge in [0.15, 0.2) is 5.69 Å². The predicted octanol–water partition coefficient (Wildman–Crippen LogP) is 3.56. The van der Waals surface area contributed by atoms with Crippen molar-refractivity contribution >= 4 is 5.91 Å². The highest BCUT2D eigenvalue weighted by atomic mass is 16.1. The number of nitrogens with zero attached hydrogens (tertiary/aromatic N) is 2. The van der Waals surface area contributed by atoms with Crippen molar-refractivity contribution in [1.82, 2.24) is 15.4 Å². The van der Waals surface area contributed by atoms with Gasteiger partial charge in [-0.3, -0.25) is 4.79 Å². The molecule has 7 rings (SSSR count). The van der Waals surface area contributed by atoms with E-state index in [2.05, 4.69) is 76.1 Å². The molecule has 5 nitrogen and oxygen atoms in total. The number of carbonyl (C=O) groups is 1. The molecule has 1 amide bonds. The SMILES string of the molecule is NC(=O)c1n[nH]nc1-c1ccc2c(c1)C1c3ccccc3C2c2ccccc21. The van der Waals surface area contributed by atoms with Crippen molar-refractivity contribution in [2.24, 2.45) is 5.73 Å². The van der Waals surface area contributed by atoms with E-state index in [1.807, 2.05) is 6.07 Å². The van der Waals surface area contributed by atoms with Gasteiger partial charge < -0.3 is 5.73 Å². The molecule has 0 saturated heterocycles. The fraction of sp³-hybridized carbons (Fsp3) is 0.0870. The van der Waals surface area contributed by atoms with Crippen molar-refractivity contribution in [2.75, 3.05) is 0 Å². The first-order chi connectivity index (χ1) is 13.7. The number of H-pyrrole nitrogens is 1. The number of hydrogen-bond donors (Lipinski definition) is 2. The first kappa shape index (κ1) is 15.3. The topological polar surface area (TPSA) is 84.7 Å². The Morgan fingerprint density at radius 2 is 1.29 bits per heavy atom. The van der Waals surface area contributed by atoms with E-state index in [1.165, 1.54) is 33.4 Å². The first-order valence-corrected chi connectivity index (χ1v) is 9.26. The maximum absolute atomic E-state index is 11.7. The number of nitrogens with two attached hydrogens (primary N) is 1. The minimum Gasteiger partial charge on any atom is -0.364 e. The Kier molecular flexibility index (Phi) is 2.95. The number of nitrogens with one attached hydrogen (secondary N) is 1. The molecule has 5 heteroatoms. The van der Waals surface area contributed by atoms with E-state index < -0.39 is 5.91 Å². The van der Waals surface area contributed by atoms with Crippen LogP contribution in [-0.4, -0.2) is 21.3 Å². The molecule has 0 atom stereocenters. The van der Waals surface area contributed by atoms with Gasteiger partial charge in [0, 0.05) is 17.4 Å². The third-order valence-corrected chi connectivity index (χ3v) is 6.00. The predicted molar refractivity (Wildman–Crippen MR) is 105 cm³/mol. The average molecular weight is 364 g/mol. The average Bonchev–Trinajstić information content (AvgIpc) is 3.23. The van der Waals surface area contributed by atoms with E-state index in [0.29, 0.717) is 5.69 Å². The normalized spacial score (nSPS) is 18.3. The minimum atomic E-state index is -0.585. The van der Waals surface area contributed by atoms with Crippen molar-refractivity contribution in [3.8, 4) is 11.3 Å². The first-order valence-electron chi connectivity index (χ1n) is 9.26. The Labute approximate surface area is 161 Å². The Morgan fingerprint density at radius 3 is 1.86 bits per heavy atom. The van der Waals surface area contributed by atoms with Gasteiger partial charge >= 0.3 is 0 Å². The lowest BCUT2D eigenvalue weighted by Crippen LogP contribution is -2.27. The van der Waals surface area contributed by atoms with Crippen LogP contribution >= 0.6 is 0 Å². The summed E-state index contributed by atoms with van der Waals surface area (Å²) in [4.78, 5) is 11.7. The van der Waals surface area contributed by atoms with Gasteiger partial charge in [0.1, 0.15) is 5.69 Å². The Morgan fingerprint density at radius 1 is 0.750 bits per heavy atom. The monoisotopic (exact) mass is 364 g/mol. The van der Waals surface area contributed by atoms with E-state index in [0.717, 1.165) is 5.56 Å². The molecule has 3 aliphatic rings. The number of hydrogen-bond acceptors (Lipinski definition) is 3. The lowest BCUT2D eigenvalue weighted by atomic mass is 9.61. The van der Waals surface area contributed by atoms with Crippen LogP contribution in [0.25, 0.3) is 11.3 Å². The maximum Gasteiger partial charge on any atom is 0.271 e. The van der Waals surface area contributed by atoms with Crippen LogP contribution in [-0.2, 0) is 0 Å². The quantitative estimate of drug-likeness (QED) is 0.493. The fourth-order valence-electron chi connectivity index (χ4n) is 4.92. The zero-order chi connectivity index (χ0) is 18.8. The molecule has 0 radical (unpaired) electrons. The summed E-state index contributed by atoms with van der Waals surface area (Å²) in [5.74, 6) is -0.177. The number of aromatic amines is 1. The van der Waals surface area contributed by atoms with E-state index in [9.17, 15) is 4.79 Å². The summed E-state index contributed by atoms with van der Waals surface area (Å²) in [7, 11) is 0. The molecule has 4 aromatic rings. The molecule has 2 bridgehead atoms. The van der Waals surface area contributed by atoms with Crippen LogP contribution in [0.1, 0.15) is 55.7 Å². The van der Waals surface area contributed by atoms with Gasteiger partial charge in [0.25, 0.3) is 5.91 Å². The lowest BCUT2D eigenvalue weighted by Gasteiger charge is -2.42. The highest BCUT2D eigenvalue weighted by Crippen LogP contribution is 2.55. The molecule has 1 aromatic heterocycles. The number of primary amides is 1. The summed E-state index contributed by atoms with van der Waals surface area (Å²) in [5, 5.41) is 10.6. The summed E-state index contributed by atoms with van der Waals surface area (Å²) < 4.78 is 0. The molecule has 3 aliphatic carbocycles. The zero-order valence-electron chi connectivity index (χ0n) is 14.9. The molecule has 0 saturated carbocycles. The van der Waals surface area contributed by atoms with Crippen molar-refractivity contribution in [1.29, 1.82) is 0 Å². The molecule has 1 heterocycles. The fourth-order valence-corrected chi connectivity index (χ4v) is 4.92. The van der Waals surface area contributed by atoms with Gasteiger partial charge in [-0.1, -0.05) is 60.7 Å². The molecular formula is C23H16N4O. The Balaban J connectivity index is 1.61. The third-order valence-electron chi connectivity index (χ3n) is 6.00. The lowest BCUT2D eigenvalue weighted by molar-refractivity contribution is 0.0996. The number of benzene rings is 3. The molecule has 28 heavy (non-hydrogen) atoms. The van der Waals surface area contributed by atoms with Gasteiger partial charge in [-0.15, -0.1) is 0 Å². The van der Waals surface area contributed by atoms with E-state index in [4.69, 9.17) is 5.73 Å². The van der Waals surface area contributed by atoms with E-state index in [1.54, 1.807) is 0 Å². The molecule has 134 valence electrons. The molecule has 0 spiro atoms. The number of rotatable bonds is 2. The van der Waals surface area contributed by atoms with Gasteiger partial charge in [0.05, 0.1) is 0 Å². The maximum atomic E-state index is 11.7. The van der Waals surface area contributed by atoms with Crippen LogP contribution < -0.4 is 5.73 Å². The number of aromatic nitrogens is 3. The Hall–Kier alpha value is -3.73. The summed E-state index contributed by atoms with van der Waals surface area (Å²) in [6.07, 6.45) is 0. The summed E-state index contributed by atoms with van der Waals surface area (Å²) in [5.41, 5.74) is 15.0. The summed E-state index contributed by atoms with van der Waals surface area (Å²) in [6.45, 7) is 0. The van der Waals surface area contributed by atoms with E-state index in [-0.39, 0.29) is 17.5 Å². The molecule has 0 fully saturated rings. The van der Waals surface area contributed by atoms with E-state index >= 15 is 0 Å². The third kappa shape index (κ3) is 1.88.